The average molecular weight is 477 g/mol. The molecule has 2 N–H and O–H groups in total. The molecule has 0 unspecified atom stereocenters. The second kappa shape index (κ2) is 9.38. The number of aryl methyl sites for hydroxylation is 1. The fourth-order valence-electron chi connectivity index (χ4n) is 4.36. The molecule has 5 rings (SSSR count). The normalized spacial score (nSPS) is 16.1. The number of nitrogens with zero attached hydrogens (tertiary/aromatic N) is 2. The number of H-pyrrole nitrogens is 1. The number of amides is 1. The molecule has 1 aliphatic heterocycles. The second-order valence-electron chi connectivity index (χ2n) is 8.68. The van der Waals surface area contributed by atoms with E-state index >= 15 is 0 Å². The van der Waals surface area contributed by atoms with Crippen molar-refractivity contribution in [2.75, 3.05) is 18.0 Å². The summed E-state index contributed by atoms with van der Waals surface area (Å²) in [5, 5.41) is 4.83. The van der Waals surface area contributed by atoms with Crippen LogP contribution in [0.4, 0.5) is 10.3 Å². The first-order valence-electron chi connectivity index (χ1n) is 11.3. The van der Waals surface area contributed by atoms with Crippen molar-refractivity contribution >= 4 is 33.4 Å². The van der Waals surface area contributed by atoms with E-state index in [0.29, 0.717) is 34.8 Å². The number of aromatic amines is 1. The van der Waals surface area contributed by atoms with Gasteiger partial charge in [0.1, 0.15) is 10.5 Å². The van der Waals surface area contributed by atoms with E-state index in [4.69, 9.17) is 4.98 Å². The maximum Gasteiger partial charge on any atom is 0.270 e. The zero-order valence-electron chi connectivity index (χ0n) is 18.8. The lowest BCUT2D eigenvalue weighted by Gasteiger charge is -2.32. The SMILES string of the molecule is Cc1ccc(-c2csc3c(=O)[nH]c(N4CCC[C@@H](C(=O)NCc5ccccc5F)C4)nc23)cc1. The predicted octanol–water partition coefficient (Wildman–Crippen LogP) is 4.63. The number of thiophene rings is 1. The quantitative estimate of drug-likeness (QED) is 0.440. The fraction of sp³-hybridized carbons (Fsp3) is 0.269. The Morgan fingerprint density at radius 3 is 2.82 bits per heavy atom. The average Bonchev–Trinajstić information content (AvgIpc) is 3.28. The summed E-state index contributed by atoms with van der Waals surface area (Å²) in [5.41, 5.74) is 4.09. The molecule has 34 heavy (non-hydrogen) atoms. The van der Waals surface area contributed by atoms with Crippen molar-refractivity contribution in [1.82, 2.24) is 15.3 Å². The van der Waals surface area contributed by atoms with Crippen LogP contribution >= 0.6 is 11.3 Å². The highest BCUT2D eigenvalue weighted by atomic mass is 32.1. The van der Waals surface area contributed by atoms with Crippen molar-refractivity contribution in [2.45, 2.75) is 26.3 Å². The summed E-state index contributed by atoms with van der Waals surface area (Å²) >= 11 is 1.39. The van der Waals surface area contributed by atoms with Crippen molar-refractivity contribution in [2.24, 2.45) is 5.92 Å². The van der Waals surface area contributed by atoms with Crippen LogP contribution in [0.1, 0.15) is 24.0 Å². The number of hydrogen-bond donors (Lipinski definition) is 2. The third-order valence-corrected chi connectivity index (χ3v) is 7.25. The van der Waals surface area contributed by atoms with Crippen molar-refractivity contribution in [3.05, 3.63) is 81.2 Å². The molecule has 0 bridgehead atoms. The molecule has 2 aromatic carbocycles. The zero-order chi connectivity index (χ0) is 23.7. The molecule has 1 saturated heterocycles. The van der Waals surface area contributed by atoms with Crippen LogP contribution in [0.15, 0.2) is 58.7 Å². The molecular formula is C26H25FN4O2S. The smallest absolute Gasteiger partial charge is 0.270 e. The van der Waals surface area contributed by atoms with Gasteiger partial charge in [0.05, 0.1) is 11.4 Å². The van der Waals surface area contributed by atoms with E-state index < -0.39 is 0 Å². The molecule has 3 heterocycles. The van der Waals surface area contributed by atoms with Crippen LogP contribution in [0.2, 0.25) is 0 Å². The van der Waals surface area contributed by atoms with Gasteiger partial charge in [0.2, 0.25) is 11.9 Å². The molecule has 0 saturated carbocycles. The number of nitrogens with one attached hydrogen (secondary N) is 2. The first-order chi connectivity index (χ1) is 16.5. The summed E-state index contributed by atoms with van der Waals surface area (Å²) in [6.07, 6.45) is 1.53. The first kappa shape index (κ1) is 22.3. The van der Waals surface area contributed by atoms with Crippen LogP contribution in [-0.2, 0) is 11.3 Å². The van der Waals surface area contributed by atoms with Crippen LogP contribution in [0.25, 0.3) is 21.3 Å². The fourth-order valence-corrected chi connectivity index (χ4v) is 5.26. The summed E-state index contributed by atoms with van der Waals surface area (Å²) in [6.45, 7) is 3.34. The molecule has 1 aliphatic rings. The van der Waals surface area contributed by atoms with E-state index in [2.05, 4.69) is 10.3 Å². The molecule has 1 amide bonds. The van der Waals surface area contributed by atoms with Crippen LogP contribution < -0.4 is 15.8 Å². The van der Waals surface area contributed by atoms with Crippen molar-refractivity contribution in [1.29, 1.82) is 0 Å². The molecule has 0 radical (unpaired) electrons. The maximum absolute atomic E-state index is 13.9. The minimum absolute atomic E-state index is 0.118. The Bertz CT molecular complexity index is 1400. The lowest BCUT2D eigenvalue weighted by molar-refractivity contribution is -0.125. The Hall–Kier alpha value is -3.52. The molecule has 2 aromatic heterocycles. The number of benzene rings is 2. The Balaban J connectivity index is 1.36. The van der Waals surface area contributed by atoms with Gasteiger partial charge in [-0.1, -0.05) is 48.0 Å². The lowest BCUT2D eigenvalue weighted by Crippen LogP contribution is -2.44. The molecule has 0 spiro atoms. The number of carbonyl (C=O) groups is 1. The number of anilines is 1. The van der Waals surface area contributed by atoms with E-state index in [9.17, 15) is 14.0 Å². The Labute approximate surface area is 200 Å². The highest BCUT2D eigenvalue weighted by Crippen LogP contribution is 2.32. The molecule has 174 valence electrons. The molecule has 6 nitrogen and oxygen atoms in total. The predicted molar refractivity (Wildman–Crippen MR) is 134 cm³/mol. The highest BCUT2D eigenvalue weighted by Gasteiger charge is 2.27. The summed E-state index contributed by atoms with van der Waals surface area (Å²) in [7, 11) is 0. The van der Waals surface area contributed by atoms with Crippen LogP contribution in [0.5, 0.6) is 0 Å². The summed E-state index contributed by atoms with van der Waals surface area (Å²) < 4.78 is 14.5. The van der Waals surface area contributed by atoms with Crippen molar-refractivity contribution in [3.63, 3.8) is 0 Å². The second-order valence-corrected chi connectivity index (χ2v) is 9.56. The molecule has 4 aromatic rings. The van der Waals surface area contributed by atoms with E-state index in [1.54, 1.807) is 18.2 Å². The number of rotatable bonds is 5. The Morgan fingerprint density at radius 2 is 2.03 bits per heavy atom. The van der Waals surface area contributed by atoms with E-state index in [0.717, 1.165) is 24.0 Å². The molecule has 0 aliphatic carbocycles. The monoisotopic (exact) mass is 476 g/mol. The van der Waals surface area contributed by atoms with E-state index in [1.165, 1.54) is 23.0 Å². The van der Waals surface area contributed by atoms with Crippen LogP contribution in [0, 0.1) is 18.7 Å². The van der Waals surface area contributed by atoms with Gasteiger partial charge in [0.15, 0.2) is 0 Å². The van der Waals surface area contributed by atoms with Gasteiger partial charge in [0.25, 0.3) is 5.56 Å². The van der Waals surface area contributed by atoms with Gasteiger partial charge in [-0.05, 0) is 31.4 Å². The molecular weight excluding hydrogens is 451 g/mol. The lowest BCUT2D eigenvalue weighted by atomic mass is 9.97. The van der Waals surface area contributed by atoms with Crippen molar-refractivity contribution < 1.29 is 9.18 Å². The maximum atomic E-state index is 13.9. The molecule has 1 atom stereocenters. The Kier molecular flexibility index (Phi) is 6.15. The molecule has 8 heteroatoms. The van der Waals surface area contributed by atoms with Gasteiger partial charge >= 0.3 is 0 Å². The van der Waals surface area contributed by atoms with Gasteiger partial charge in [-0.3, -0.25) is 14.6 Å². The minimum Gasteiger partial charge on any atom is -0.352 e. The first-order valence-corrected chi connectivity index (χ1v) is 12.2. The van der Waals surface area contributed by atoms with Gasteiger partial charge in [-0.25, -0.2) is 9.37 Å². The van der Waals surface area contributed by atoms with E-state index in [-0.39, 0.29) is 29.7 Å². The standard InChI is InChI=1S/C26H25FN4O2S/c1-16-8-10-17(11-9-16)20-15-34-23-22(20)29-26(30-25(23)33)31-12-4-6-19(14-31)24(32)28-13-18-5-2-3-7-21(18)27/h2-3,5,7-11,15,19H,4,6,12-14H2,1H3,(H,28,32)(H,29,30,33)/t19-/m1/s1. The highest BCUT2D eigenvalue weighted by molar-refractivity contribution is 7.17. The summed E-state index contributed by atoms with van der Waals surface area (Å²) in [4.78, 5) is 35.3. The van der Waals surface area contributed by atoms with Gasteiger partial charge in [-0.2, -0.15) is 0 Å². The zero-order valence-corrected chi connectivity index (χ0v) is 19.6. The number of piperidine rings is 1. The largest absolute Gasteiger partial charge is 0.352 e. The summed E-state index contributed by atoms with van der Waals surface area (Å²) in [5.74, 6) is -0.230. The van der Waals surface area contributed by atoms with Gasteiger partial charge < -0.3 is 10.2 Å². The topological polar surface area (TPSA) is 78.1 Å². The van der Waals surface area contributed by atoms with Crippen LogP contribution in [-0.4, -0.2) is 29.0 Å². The number of hydrogen-bond acceptors (Lipinski definition) is 5. The Morgan fingerprint density at radius 1 is 1.24 bits per heavy atom. The van der Waals surface area contributed by atoms with Crippen molar-refractivity contribution in [3.8, 4) is 11.1 Å². The third-order valence-electron chi connectivity index (χ3n) is 6.28. The number of aromatic nitrogens is 2. The number of carbonyl (C=O) groups excluding carboxylic acids is 1. The number of fused-ring (bicyclic) bond motifs is 1. The van der Waals surface area contributed by atoms with Gasteiger partial charge in [-0.15, -0.1) is 11.3 Å². The number of halogens is 1. The minimum atomic E-state index is -0.330. The van der Waals surface area contributed by atoms with Crippen LogP contribution in [0.3, 0.4) is 0 Å². The third kappa shape index (κ3) is 4.46. The molecule has 1 fully saturated rings. The van der Waals surface area contributed by atoms with Gasteiger partial charge in [0, 0.05) is 36.1 Å². The van der Waals surface area contributed by atoms with E-state index in [1.807, 2.05) is 41.5 Å². The summed E-state index contributed by atoms with van der Waals surface area (Å²) in [6, 6.07) is 14.6.